The number of piperazine rings is 1. The first kappa shape index (κ1) is 23.7. The zero-order chi connectivity index (χ0) is 24.9. The van der Waals surface area contributed by atoms with Crippen LogP contribution in [0.5, 0.6) is 11.5 Å². The molecule has 1 saturated heterocycles. The highest BCUT2D eigenvalue weighted by Gasteiger charge is 2.32. The Hall–Kier alpha value is -3.98. The summed E-state index contributed by atoms with van der Waals surface area (Å²) in [5.41, 5.74) is 3.11. The number of hydrogen-bond donors (Lipinski definition) is 0. The van der Waals surface area contributed by atoms with E-state index in [2.05, 4.69) is 31.4 Å². The zero-order valence-corrected chi connectivity index (χ0v) is 20.4. The molecule has 1 aromatic heterocycles. The van der Waals surface area contributed by atoms with Gasteiger partial charge < -0.3 is 14.4 Å². The molecule has 1 aliphatic heterocycles. The van der Waals surface area contributed by atoms with Gasteiger partial charge >= 0.3 is 0 Å². The Morgan fingerprint density at radius 1 is 0.861 bits per heavy atom. The van der Waals surface area contributed by atoms with E-state index < -0.39 is 0 Å². The van der Waals surface area contributed by atoms with Gasteiger partial charge in [-0.15, -0.1) is 5.10 Å². The van der Waals surface area contributed by atoms with Crippen molar-refractivity contribution in [3.05, 3.63) is 95.6 Å². The first-order valence-corrected chi connectivity index (χ1v) is 11.9. The SMILES string of the molecule is COc1ccc(Cn2nnnc2C(c2ccccc2OC)N2CCN(c3ccc(F)cc3)CC2)cc1. The van der Waals surface area contributed by atoms with Gasteiger partial charge in [-0.05, 0) is 58.5 Å². The highest BCUT2D eigenvalue weighted by atomic mass is 19.1. The van der Waals surface area contributed by atoms with Crippen LogP contribution < -0.4 is 14.4 Å². The van der Waals surface area contributed by atoms with E-state index in [1.165, 1.54) is 12.1 Å². The molecule has 5 rings (SSSR count). The van der Waals surface area contributed by atoms with E-state index in [4.69, 9.17) is 9.47 Å². The Morgan fingerprint density at radius 3 is 2.28 bits per heavy atom. The number of hydrogen-bond acceptors (Lipinski definition) is 7. The van der Waals surface area contributed by atoms with Gasteiger partial charge in [0.1, 0.15) is 23.4 Å². The molecule has 0 saturated carbocycles. The van der Waals surface area contributed by atoms with E-state index in [1.54, 1.807) is 14.2 Å². The molecule has 8 nitrogen and oxygen atoms in total. The Balaban J connectivity index is 1.44. The molecule has 1 atom stereocenters. The third kappa shape index (κ3) is 5.01. The minimum Gasteiger partial charge on any atom is -0.497 e. The zero-order valence-electron chi connectivity index (χ0n) is 20.4. The van der Waals surface area contributed by atoms with Gasteiger partial charge in [0, 0.05) is 37.4 Å². The van der Waals surface area contributed by atoms with Gasteiger partial charge in [0.15, 0.2) is 5.82 Å². The number of nitrogens with zero attached hydrogens (tertiary/aromatic N) is 6. The number of halogens is 1. The third-order valence-corrected chi connectivity index (χ3v) is 6.60. The summed E-state index contributed by atoms with van der Waals surface area (Å²) >= 11 is 0. The second-order valence-electron chi connectivity index (χ2n) is 8.69. The van der Waals surface area contributed by atoms with Crippen LogP contribution in [0.25, 0.3) is 0 Å². The van der Waals surface area contributed by atoms with Gasteiger partial charge in [-0.3, -0.25) is 4.90 Å². The predicted octanol–water partition coefficient (Wildman–Crippen LogP) is 3.79. The molecule has 9 heteroatoms. The summed E-state index contributed by atoms with van der Waals surface area (Å²) < 4.78 is 26.3. The molecule has 0 N–H and O–H groups in total. The van der Waals surface area contributed by atoms with Crippen molar-refractivity contribution in [3.63, 3.8) is 0 Å². The van der Waals surface area contributed by atoms with Crippen molar-refractivity contribution in [2.24, 2.45) is 0 Å². The average Bonchev–Trinajstić information content (AvgIpc) is 3.38. The fraction of sp³-hybridized carbons (Fsp3) is 0.296. The maximum atomic E-state index is 13.4. The fourth-order valence-corrected chi connectivity index (χ4v) is 4.71. The van der Waals surface area contributed by atoms with E-state index in [0.29, 0.717) is 6.54 Å². The average molecular weight is 489 g/mol. The second-order valence-corrected chi connectivity index (χ2v) is 8.69. The summed E-state index contributed by atoms with van der Waals surface area (Å²) in [6.45, 7) is 3.72. The first-order valence-electron chi connectivity index (χ1n) is 11.9. The smallest absolute Gasteiger partial charge is 0.173 e. The lowest BCUT2D eigenvalue weighted by Crippen LogP contribution is -2.48. The van der Waals surface area contributed by atoms with Gasteiger partial charge in [0.05, 0.1) is 20.8 Å². The lowest BCUT2D eigenvalue weighted by molar-refractivity contribution is 0.198. The summed E-state index contributed by atoms with van der Waals surface area (Å²) in [7, 11) is 3.34. The van der Waals surface area contributed by atoms with Crippen LogP contribution >= 0.6 is 0 Å². The molecule has 1 unspecified atom stereocenters. The Morgan fingerprint density at radius 2 is 1.58 bits per heavy atom. The topological polar surface area (TPSA) is 68.5 Å². The van der Waals surface area contributed by atoms with Crippen molar-refractivity contribution in [2.75, 3.05) is 45.3 Å². The number of aromatic nitrogens is 4. The van der Waals surface area contributed by atoms with Crippen molar-refractivity contribution in [1.82, 2.24) is 25.1 Å². The predicted molar refractivity (Wildman–Crippen MR) is 135 cm³/mol. The standard InChI is InChI=1S/C27H29FN6O2/c1-35-23-13-7-20(8-14-23)19-34-27(29-30-31-34)26(24-5-3-4-6-25(24)36-2)33-17-15-32(16-18-33)22-11-9-21(28)10-12-22/h3-14,26H,15-19H2,1-2H3. The summed E-state index contributed by atoms with van der Waals surface area (Å²) in [5.74, 6) is 2.13. The van der Waals surface area contributed by atoms with E-state index in [9.17, 15) is 4.39 Å². The lowest BCUT2D eigenvalue weighted by atomic mass is 10.0. The molecular weight excluding hydrogens is 459 g/mol. The van der Waals surface area contributed by atoms with Gasteiger partial charge in [-0.1, -0.05) is 30.3 Å². The number of ether oxygens (including phenoxy) is 2. The molecule has 36 heavy (non-hydrogen) atoms. The van der Waals surface area contributed by atoms with Crippen LogP contribution in [0.1, 0.15) is 23.0 Å². The number of methoxy groups -OCH3 is 2. The van der Waals surface area contributed by atoms with Crippen LogP contribution in [0, 0.1) is 5.82 Å². The normalized spacial score (nSPS) is 15.0. The molecular formula is C27H29FN6O2. The second kappa shape index (κ2) is 10.7. The number of para-hydroxylation sites is 1. The number of rotatable bonds is 8. The van der Waals surface area contributed by atoms with Gasteiger partial charge in [0.25, 0.3) is 0 Å². The van der Waals surface area contributed by atoms with Crippen molar-refractivity contribution < 1.29 is 13.9 Å². The summed E-state index contributed by atoms with van der Waals surface area (Å²) in [4.78, 5) is 4.66. The quantitative estimate of drug-likeness (QED) is 0.374. The molecule has 0 spiro atoms. The van der Waals surface area contributed by atoms with Crippen LogP contribution in [-0.2, 0) is 6.54 Å². The molecule has 0 bridgehead atoms. The van der Waals surface area contributed by atoms with Crippen molar-refractivity contribution in [1.29, 1.82) is 0 Å². The molecule has 0 aliphatic carbocycles. The largest absolute Gasteiger partial charge is 0.497 e. The summed E-state index contributed by atoms with van der Waals surface area (Å²) in [5, 5.41) is 12.9. The molecule has 1 aliphatic rings. The molecule has 4 aromatic rings. The highest BCUT2D eigenvalue weighted by molar-refractivity contribution is 5.47. The molecule has 1 fully saturated rings. The van der Waals surface area contributed by atoms with E-state index in [-0.39, 0.29) is 11.9 Å². The van der Waals surface area contributed by atoms with Crippen LogP contribution in [0.2, 0.25) is 0 Å². The van der Waals surface area contributed by atoms with Gasteiger partial charge in [0.2, 0.25) is 0 Å². The van der Waals surface area contributed by atoms with Crippen molar-refractivity contribution >= 4 is 5.69 Å². The summed E-state index contributed by atoms with van der Waals surface area (Å²) in [6, 6.07) is 22.4. The molecule has 0 amide bonds. The lowest BCUT2D eigenvalue weighted by Gasteiger charge is -2.40. The van der Waals surface area contributed by atoms with Crippen molar-refractivity contribution in [3.8, 4) is 11.5 Å². The number of tetrazole rings is 1. The van der Waals surface area contributed by atoms with Crippen LogP contribution in [-0.4, -0.2) is 65.5 Å². The number of benzene rings is 3. The Kier molecular flexibility index (Phi) is 7.08. The minimum atomic E-state index is -0.225. The van der Waals surface area contributed by atoms with Crippen molar-refractivity contribution in [2.45, 2.75) is 12.6 Å². The monoisotopic (exact) mass is 488 g/mol. The number of anilines is 1. The Bertz CT molecular complexity index is 1270. The van der Waals surface area contributed by atoms with Crippen LogP contribution in [0.3, 0.4) is 0 Å². The summed E-state index contributed by atoms with van der Waals surface area (Å²) in [6.07, 6.45) is 0. The minimum absolute atomic E-state index is 0.190. The fourth-order valence-electron chi connectivity index (χ4n) is 4.71. The van der Waals surface area contributed by atoms with E-state index in [1.807, 2.05) is 59.3 Å². The molecule has 0 radical (unpaired) electrons. The third-order valence-electron chi connectivity index (χ3n) is 6.60. The van der Waals surface area contributed by atoms with Crippen LogP contribution in [0.15, 0.2) is 72.8 Å². The molecule has 2 heterocycles. The molecule has 186 valence electrons. The van der Waals surface area contributed by atoms with E-state index in [0.717, 1.165) is 60.3 Å². The maximum Gasteiger partial charge on any atom is 0.173 e. The van der Waals surface area contributed by atoms with Crippen LogP contribution in [0.4, 0.5) is 10.1 Å². The van der Waals surface area contributed by atoms with Gasteiger partial charge in [-0.2, -0.15) is 0 Å². The van der Waals surface area contributed by atoms with E-state index >= 15 is 0 Å². The Labute approximate surface area is 209 Å². The highest BCUT2D eigenvalue weighted by Crippen LogP contribution is 2.35. The van der Waals surface area contributed by atoms with Gasteiger partial charge in [-0.25, -0.2) is 9.07 Å². The molecule has 3 aromatic carbocycles. The maximum absolute atomic E-state index is 13.4. The first-order chi connectivity index (χ1) is 17.7.